The molecule has 0 fully saturated rings. The van der Waals surface area contributed by atoms with E-state index in [2.05, 4.69) is 5.16 Å². The molecule has 0 aliphatic carbocycles. The smallest absolute Gasteiger partial charge is 0.358 e. The molecule has 3 aromatic rings. The zero-order valence-electron chi connectivity index (χ0n) is 11.6. The van der Waals surface area contributed by atoms with E-state index < -0.39 is 5.97 Å². The summed E-state index contributed by atoms with van der Waals surface area (Å²) >= 11 is 0. The standard InChI is InChI=1S/C16H13NO5/c18-16(19)14-8-13(22-17-14)10-20-9-12-6-7-15(21-12)11-4-2-1-3-5-11/h1-8H,9-10H2,(H,18,19). The van der Waals surface area contributed by atoms with Crippen LogP contribution in [0, 0.1) is 0 Å². The fourth-order valence-corrected chi connectivity index (χ4v) is 1.95. The van der Waals surface area contributed by atoms with E-state index in [0.29, 0.717) is 11.5 Å². The van der Waals surface area contributed by atoms with E-state index in [0.717, 1.165) is 11.3 Å². The summed E-state index contributed by atoms with van der Waals surface area (Å²) < 4.78 is 16.0. The molecule has 6 nitrogen and oxygen atoms in total. The monoisotopic (exact) mass is 299 g/mol. The van der Waals surface area contributed by atoms with Crippen molar-refractivity contribution in [2.45, 2.75) is 13.2 Å². The number of furan rings is 1. The van der Waals surface area contributed by atoms with Crippen LogP contribution in [0.15, 0.2) is 57.5 Å². The van der Waals surface area contributed by atoms with Gasteiger partial charge in [-0.05, 0) is 12.1 Å². The number of ether oxygens (including phenoxy) is 1. The zero-order chi connectivity index (χ0) is 15.4. The summed E-state index contributed by atoms with van der Waals surface area (Å²) in [6.45, 7) is 0.386. The van der Waals surface area contributed by atoms with E-state index in [4.69, 9.17) is 18.8 Å². The highest BCUT2D eigenvalue weighted by Gasteiger charge is 2.11. The Labute approximate surface area is 125 Å². The molecule has 0 amide bonds. The second-order valence-corrected chi connectivity index (χ2v) is 4.61. The summed E-state index contributed by atoms with van der Waals surface area (Å²) in [6, 6.07) is 14.8. The van der Waals surface area contributed by atoms with Crippen molar-refractivity contribution in [3.05, 3.63) is 65.7 Å². The van der Waals surface area contributed by atoms with Crippen LogP contribution in [0.1, 0.15) is 22.0 Å². The van der Waals surface area contributed by atoms with Crippen molar-refractivity contribution in [1.82, 2.24) is 5.16 Å². The third-order valence-corrected chi connectivity index (χ3v) is 2.99. The molecule has 0 aliphatic rings. The first-order chi connectivity index (χ1) is 10.7. The van der Waals surface area contributed by atoms with Gasteiger partial charge in [-0.1, -0.05) is 35.5 Å². The highest BCUT2D eigenvalue weighted by molar-refractivity contribution is 5.85. The number of aromatic carboxylic acids is 1. The minimum atomic E-state index is -1.13. The number of aromatic nitrogens is 1. The predicted octanol–water partition coefficient (Wildman–Crippen LogP) is 3.35. The minimum absolute atomic E-state index is 0.127. The first-order valence-corrected chi connectivity index (χ1v) is 6.63. The Morgan fingerprint density at radius 1 is 1.09 bits per heavy atom. The Morgan fingerprint density at radius 2 is 1.86 bits per heavy atom. The molecule has 112 valence electrons. The van der Waals surface area contributed by atoms with Crippen molar-refractivity contribution in [3.8, 4) is 11.3 Å². The van der Waals surface area contributed by atoms with E-state index in [1.165, 1.54) is 6.07 Å². The van der Waals surface area contributed by atoms with Crippen LogP contribution >= 0.6 is 0 Å². The normalized spacial score (nSPS) is 10.7. The number of rotatable bonds is 6. The van der Waals surface area contributed by atoms with Gasteiger partial charge in [-0.15, -0.1) is 0 Å². The third kappa shape index (κ3) is 3.24. The van der Waals surface area contributed by atoms with Crippen LogP contribution in [0.4, 0.5) is 0 Å². The molecule has 0 bridgehead atoms. The molecule has 22 heavy (non-hydrogen) atoms. The van der Waals surface area contributed by atoms with Crippen LogP contribution in [0.2, 0.25) is 0 Å². The number of carboxylic acids is 1. The van der Waals surface area contributed by atoms with E-state index in [9.17, 15) is 4.79 Å². The van der Waals surface area contributed by atoms with Crippen molar-refractivity contribution >= 4 is 5.97 Å². The maximum absolute atomic E-state index is 10.7. The van der Waals surface area contributed by atoms with Crippen molar-refractivity contribution in [2.24, 2.45) is 0 Å². The Bertz CT molecular complexity index is 760. The summed E-state index contributed by atoms with van der Waals surface area (Å²) in [5.74, 6) is 0.671. The van der Waals surface area contributed by atoms with Gasteiger partial charge in [0.25, 0.3) is 0 Å². The molecule has 2 aromatic heterocycles. The summed E-state index contributed by atoms with van der Waals surface area (Å²) in [5.41, 5.74) is 0.859. The minimum Gasteiger partial charge on any atom is -0.476 e. The molecule has 0 aliphatic heterocycles. The fraction of sp³-hybridized carbons (Fsp3) is 0.125. The number of carbonyl (C=O) groups is 1. The van der Waals surface area contributed by atoms with Gasteiger partial charge in [0.2, 0.25) is 0 Å². The Kier molecular flexibility index (Phi) is 4.02. The molecule has 1 aromatic carbocycles. The van der Waals surface area contributed by atoms with Gasteiger partial charge in [-0.2, -0.15) is 0 Å². The van der Waals surface area contributed by atoms with E-state index in [1.54, 1.807) is 0 Å². The molecule has 0 unspecified atom stereocenters. The van der Waals surface area contributed by atoms with Gasteiger partial charge in [0.05, 0.1) is 0 Å². The van der Waals surface area contributed by atoms with Crippen molar-refractivity contribution in [3.63, 3.8) is 0 Å². The van der Waals surface area contributed by atoms with Gasteiger partial charge in [-0.25, -0.2) is 4.79 Å². The summed E-state index contributed by atoms with van der Waals surface area (Å²) in [7, 11) is 0. The predicted molar refractivity (Wildman–Crippen MR) is 76.1 cm³/mol. The maximum Gasteiger partial charge on any atom is 0.358 e. The van der Waals surface area contributed by atoms with Crippen molar-refractivity contribution in [1.29, 1.82) is 0 Å². The Morgan fingerprint density at radius 3 is 2.59 bits per heavy atom. The fourth-order valence-electron chi connectivity index (χ4n) is 1.95. The number of nitrogens with zero attached hydrogens (tertiary/aromatic N) is 1. The average molecular weight is 299 g/mol. The highest BCUT2D eigenvalue weighted by atomic mass is 16.5. The summed E-state index contributed by atoms with van der Waals surface area (Å²) in [4.78, 5) is 10.7. The number of benzene rings is 1. The maximum atomic E-state index is 10.7. The molecular weight excluding hydrogens is 286 g/mol. The topological polar surface area (TPSA) is 85.7 Å². The zero-order valence-corrected chi connectivity index (χ0v) is 11.6. The van der Waals surface area contributed by atoms with Gasteiger partial charge in [0, 0.05) is 11.6 Å². The van der Waals surface area contributed by atoms with E-state index in [-0.39, 0.29) is 18.9 Å². The molecular formula is C16H13NO5. The lowest BCUT2D eigenvalue weighted by atomic mass is 10.2. The van der Waals surface area contributed by atoms with Crippen molar-refractivity contribution in [2.75, 3.05) is 0 Å². The van der Waals surface area contributed by atoms with Gasteiger partial charge in [0.1, 0.15) is 24.7 Å². The highest BCUT2D eigenvalue weighted by Crippen LogP contribution is 2.22. The van der Waals surface area contributed by atoms with Gasteiger partial charge < -0.3 is 18.8 Å². The second kappa shape index (κ2) is 6.28. The molecule has 0 atom stereocenters. The molecule has 6 heteroatoms. The van der Waals surface area contributed by atoms with Gasteiger partial charge in [-0.3, -0.25) is 0 Å². The lowest BCUT2D eigenvalue weighted by Gasteiger charge is -1.99. The van der Waals surface area contributed by atoms with Crippen LogP contribution in [0.3, 0.4) is 0 Å². The Hall–Kier alpha value is -2.86. The first-order valence-electron chi connectivity index (χ1n) is 6.63. The molecule has 0 saturated carbocycles. The van der Waals surface area contributed by atoms with Crippen LogP contribution in [0.5, 0.6) is 0 Å². The molecule has 1 N–H and O–H groups in total. The lowest BCUT2D eigenvalue weighted by Crippen LogP contribution is -1.95. The van der Waals surface area contributed by atoms with Crippen LogP contribution in [0.25, 0.3) is 11.3 Å². The van der Waals surface area contributed by atoms with E-state index >= 15 is 0 Å². The number of hydrogen-bond acceptors (Lipinski definition) is 5. The molecule has 0 saturated heterocycles. The van der Waals surface area contributed by atoms with Gasteiger partial charge in [0.15, 0.2) is 11.5 Å². The third-order valence-electron chi connectivity index (χ3n) is 2.99. The average Bonchev–Trinajstić information content (AvgIpc) is 3.18. The van der Waals surface area contributed by atoms with Crippen LogP contribution < -0.4 is 0 Å². The van der Waals surface area contributed by atoms with Crippen LogP contribution in [-0.2, 0) is 18.0 Å². The Balaban J connectivity index is 1.56. The molecule has 0 spiro atoms. The molecule has 2 heterocycles. The van der Waals surface area contributed by atoms with Crippen molar-refractivity contribution < 1.29 is 23.6 Å². The van der Waals surface area contributed by atoms with Gasteiger partial charge >= 0.3 is 5.97 Å². The lowest BCUT2D eigenvalue weighted by molar-refractivity contribution is 0.0681. The first kappa shape index (κ1) is 14.1. The second-order valence-electron chi connectivity index (χ2n) is 4.61. The SMILES string of the molecule is O=C(O)c1cc(COCc2ccc(-c3ccccc3)o2)on1. The number of carboxylic acid groups (broad SMARTS) is 1. The number of hydrogen-bond donors (Lipinski definition) is 1. The van der Waals surface area contributed by atoms with Crippen LogP contribution in [-0.4, -0.2) is 16.2 Å². The molecule has 0 radical (unpaired) electrons. The quantitative estimate of drug-likeness (QED) is 0.751. The largest absolute Gasteiger partial charge is 0.476 e. The summed E-state index contributed by atoms with van der Waals surface area (Å²) in [5, 5.41) is 12.1. The van der Waals surface area contributed by atoms with E-state index in [1.807, 2.05) is 42.5 Å². The molecule has 3 rings (SSSR count). The summed E-state index contributed by atoms with van der Waals surface area (Å²) in [6.07, 6.45) is 0.